The van der Waals surface area contributed by atoms with Gasteiger partial charge in [-0.25, -0.2) is 8.42 Å². The van der Waals surface area contributed by atoms with Crippen molar-refractivity contribution in [1.29, 1.82) is 0 Å². The van der Waals surface area contributed by atoms with Crippen LogP contribution in [0, 0.1) is 0 Å². The van der Waals surface area contributed by atoms with Gasteiger partial charge in [-0.2, -0.15) is 4.31 Å². The summed E-state index contributed by atoms with van der Waals surface area (Å²) in [5.41, 5.74) is 0.980. The van der Waals surface area contributed by atoms with Crippen LogP contribution in [0.25, 0.3) is 0 Å². The van der Waals surface area contributed by atoms with Gasteiger partial charge >= 0.3 is 5.97 Å². The van der Waals surface area contributed by atoms with Gasteiger partial charge in [0.15, 0.2) is 0 Å². The van der Waals surface area contributed by atoms with E-state index in [0.717, 1.165) is 11.9 Å². The van der Waals surface area contributed by atoms with Crippen LogP contribution >= 0.6 is 0 Å². The molecular weight excluding hydrogens is 292 g/mol. The second kappa shape index (κ2) is 6.03. The van der Waals surface area contributed by atoms with Crippen molar-refractivity contribution in [1.82, 2.24) is 4.31 Å². The summed E-state index contributed by atoms with van der Waals surface area (Å²) in [6, 6.07) is 9.08. The van der Waals surface area contributed by atoms with E-state index in [-0.39, 0.29) is 12.5 Å². The molecule has 7 heteroatoms. The maximum atomic E-state index is 11.9. The van der Waals surface area contributed by atoms with Crippen LogP contribution in [-0.2, 0) is 14.8 Å². The first-order valence-corrected chi connectivity index (χ1v) is 8.64. The minimum atomic E-state index is -3.42. The number of carboxylic acids is 1. The Hall–Kier alpha value is -1.60. The predicted molar refractivity (Wildman–Crippen MR) is 80.8 cm³/mol. The third-order valence-corrected chi connectivity index (χ3v) is 5.01. The van der Waals surface area contributed by atoms with Crippen LogP contribution in [0.5, 0.6) is 0 Å². The predicted octanol–water partition coefficient (Wildman–Crippen LogP) is 1.00. The van der Waals surface area contributed by atoms with Gasteiger partial charge in [-0.05, 0) is 19.1 Å². The van der Waals surface area contributed by atoms with Gasteiger partial charge in [-0.3, -0.25) is 4.79 Å². The zero-order valence-corrected chi connectivity index (χ0v) is 13.0. The summed E-state index contributed by atoms with van der Waals surface area (Å²) in [6.45, 7) is 2.62. The van der Waals surface area contributed by atoms with Gasteiger partial charge in [0.25, 0.3) is 0 Å². The van der Waals surface area contributed by atoms with Crippen molar-refractivity contribution in [2.45, 2.75) is 25.4 Å². The van der Waals surface area contributed by atoms with Crippen molar-refractivity contribution in [2.75, 3.05) is 24.2 Å². The van der Waals surface area contributed by atoms with Crippen LogP contribution in [0.4, 0.5) is 5.69 Å². The van der Waals surface area contributed by atoms with Crippen molar-refractivity contribution in [3.63, 3.8) is 0 Å². The molecule has 0 bridgehead atoms. The molecule has 0 saturated carbocycles. The molecule has 0 spiro atoms. The summed E-state index contributed by atoms with van der Waals surface area (Å²) in [4.78, 5) is 13.1. The Morgan fingerprint density at radius 2 is 1.90 bits per heavy atom. The summed E-state index contributed by atoms with van der Waals surface area (Å²) in [5.74, 6) is -0.990. The fourth-order valence-corrected chi connectivity index (χ4v) is 3.93. The van der Waals surface area contributed by atoms with E-state index >= 15 is 0 Å². The average molecular weight is 312 g/mol. The minimum Gasteiger partial charge on any atom is -0.481 e. The first-order valence-electron chi connectivity index (χ1n) is 6.79. The van der Waals surface area contributed by atoms with Gasteiger partial charge in [-0.1, -0.05) is 18.2 Å². The summed E-state index contributed by atoms with van der Waals surface area (Å²) < 4.78 is 25.1. The molecule has 0 amide bonds. The Bertz CT molecular complexity index is 603. The molecule has 1 aliphatic heterocycles. The van der Waals surface area contributed by atoms with Crippen LogP contribution in [-0.4, -0.2) is 55.2 Å². The van der Waals surface area contributed by atoms with Crippen molar-refractivity contribution in [2.24, 2.45) is 0 Å². The average Bonchev–Trinajstić information content (AvgIpc) is 2.39. The number of sulfonamides is 1. The molecule has 0 unspecified atom stereocenters. The van der Waals surface area contributed by atoms with Crippen LogP contribution in [0.1, 0.15) is 13.3 Å². The number of carboxylic acid groups (broad SMARTS) is 1. The molecule has 2 atom stereocenters. The molecule has 1 saturated heterocycles. The lowest BCUT2D eigenvalue weighted by molar-refractivity contribution is -0.138. The van der Waals surface area contributed by atoms with E-state index in [1.807, 2.05) is 37.3 Å². The maximum absolute atomic E-state index is 11.9. The van der Waals surface area contributed by atoms with E-state index in [0.29, 0.717) is 13.1 Å². The highest BCUT2D eigenvalue weighted by molar-refractivity contribution is 7.88. The van der Waals surface area contributed by atoms with Crippen LogP contribution in [0.2, 0.25) is 0 Å². The van der Waals surface area contributed by atoms with Gasteiger partial charge in [0.1, 0.15) is 0 Å². The second-order valence-electron chi connectivity index (χ2n) is 5.42. The number of carbonyl (C=O) groups is 1. The number of benzene rings is 1. The lowest BCUT2D eigenvalue weighted by Gasteiger charge is -2.44. The molecule has 1 heterocycles. The third kappa shape index (κ3) is 3.74. The Balaban J connectivity index is 2.28. The fourth-order valence-electron chi connectivity index (χ4n) is 2.76. The number of rotatable bonds is 4. The highest BCUT2D eigenvalue weighted by Gasteiger charge is 2.37. The minimum absolute atomic E-state index is 0.00725. The molecule has 1 aliphatic rings. The number of piperazine rings is 1. The summed E-state index contributed by atoms with van der Waals surface area (Å²) >= 11 is 0. The van der Waals surface area contributed by atoms with Gasteiger partial charge in [-0.15, -0.1) is 0 Å². The van der Waals surface area contributed by atoms with Crippen LogP contribution in [0.15, 0.2) is 30.3 Å². The topological polar surface area (TPSA) is 77.9 Å². The summed E-state index contributed by atoms with van der Waals surface area (Å²) in [7, 11) is -3.42. The zero-order valence-electron chi connectivity index (χ0n) is 12.1. The highest BCUT2D eigenvalue weighted by atomic mass is 32.2. The van der Waals surface area contributed by atoms with E-state index in [2.05, 4.69) is 4.90 Å². The van der Waals surface area contributed by atoms with Crippen molar-refractivity contribution < 1.29 is 18.3 Å². The van der Waals surface area contributed by atoms with E-state index in [1.165, 1.54) is 4.31 Å². The van der Waals surface area contributed by atoms with E-state index in [4.69, 9.17) is 5.11 Å². The van der Waals surface area contributed by atoms with Gasteiger partial charge in [0.05, 0.1) is 18.7 Å². The lowest BCUT2D eigenvalue weighted by atomic mass is 10.1. The summed E-state index contributed by atoms with van der Waals surface area (Å²) in [5, 5.41) is 9.03. The fraction of sp³-hybridized carbons (Fsp3) is 0.500. The first-order chi connectivity index (χ1) is 9.79. The van der Waals surface area contributed by atoms with E-state index in [1.54, 1.807) is 0 Å². The van der Waals surface area contributed by atoms with Crippen molar-refractivity contribution in [3.05, 3.63) is 30.3 Å². The highest BCUT2D eigenvalue weighted by Crippen LogP contribution is 2.25. The SMILES string of the molecule is C[C@@H]1CN(S(C)(=O)=O)[C@H](CC(=O)O)CN1c1ccccc1. The Morgan fingerprint density at radius 3 is 2.43 bits per heavy atom. The van der Waals surface area contributed by atoms with E-state index < -0.39 is 22.0 Å². The summed E-state index contributed by atoms with van der Waals surface area (Å²) in [6.07, 6.45) is 0.940. The number of nitrogens with zero attached hydrogens (tertiary/aromatic N) is 2. The maximum Gasteiger partial charge on any atom is 0.305 e. The zero-order chi connectivity index (χ0) is 15.6. The number of anilines is 1. The second-order valence-corrected chi connectivity index (χ2v) is 7.36. The monoisotopic (exact) mass is 312 g/mol. The van der Waals surface area contributed by atoms with Crippen LogP contribution in [0.3, 0.4) is 0 Å². The quantitative estimate of drug-likeness (QED) is 0.897. The molecule has 1 aromatic rings. The molecule has 1 aromatic carbocycles. The molecule has 1 fully saturated rings. The smallest absolute Gasteiger partial charge is 0.305 e. The van der Waals surface area contributed by atoms with Crippen LogP contribution < -0.4 is 4.90 Å². The van der Waals surface area contributed by atoms with Crippen molar-refractivity contribution in [3.8, 4) is 0 Å². The number of hydrogen-bond acceptors (Lipinski definition) is 4. The Labute approximate surface area is 125 Å². The lowest BCUT2D eigenvalue weighted by Crippen LogP contribution is -2.59. The van der Waals surface area contributed by atoms with Gasteiger partial charge < -0.3 is 10.0 Å². The largest absolute Gasteiger partial charge is 0.481 e. The molecule has 6 nitrogen and oxygen atoms in total. The number of hydrogen-bond donors (Lipinski definition) is 1. The molecule has 116 valence electrons. The molecule has 1 N–H and O–H groups in total. The molecular formula is C14H20N2O4S. The van der Waals surface area contributed by atoms with Gasteiger partial charge in [0, 0.05) is 24.8 Å². The molecule has 0 radical (unpaired) electrons. The molecule has 2 rings (SSSR count). The normalized spacial score (nSPS) is 24.0. The van der Waals surface area contributed by atoms with Gasteiger partial charge in [0.2, 0.25) is 10.0 Å². The number of para-hydroxylation sites is 1. The first kappa shape index (κ1) is 15.8. The molecule has 0 aliphatic carbocycles. The number of aliphatic carboxylic acids is 1. The van der Waals surface area contributed by atoms with Crippen molar-refractivity contribution >= 4 is 21.7 Å². The molecule has 21 heavy (non-hydrogen) atoms. The Morgan fingerprint density at radius 1 is 1.29 bits per heavy atom. The third-order valence-electron chi connectivity index (χ3n) is 3.72. The molecule has 0 aromatic heterocycles. The standard InChI is InChI=1S/C14H20N2O4S/c1-11-9-16(21(2,19)20)13(8-14(17)18)10-15(11)12-6-4-3-5-7-12/h3-7,11,13H,8-10H2,1-2H3,(H,17,18)/t11-,13-/m1/s1. The Kier molecular flexibility index (Phi) is 4.53. The van der Waals surface area contributed by atoms with E-state index in [9.17, 15) is 13.2 Å².